The predicted molar refractivity (Wildman–Crippen MR) is 60.6 cm³/mol. The second-order valence-corrected chi connectivity index (χ2v) is 3.94. The van der Waals surface area contributed by atoms with Crippen LogP contribution >= 0.6 is 23.2 Å². The minimum atomic E-state index is -0.767. The van der Waals surface area contributed by atoms with Crippen LogP contribution in [0, 0.1) is 0 Å². The summed E-state index contributed by atoms with van der Waals surface area (Å²) in [7, 11) is 1.46. The summed E-state index contributed by atoms with van der Waals surface area (Å²) >= 11 is 11.7. The van der Waals surface area contributed by atoms with Crippen molar-refractivity contribution in [2.24, 2.45) is 5.73 Å². The number of carbonyl (C=O) groups excluding carboxylic acids is 1. The van der Waals surface area contributed by atoms with E-state index in [1.165, 1.54) is 20.1 Å². The Morgan fingerprint density at radius 2 is 2.07 bits per heavy atom. The van der Waals surface area contributed by atoms with Gasteiger partial charge in [0.2, 0.25) is 0 Å². The maximum absolute atomic E-state index is 11.2. The molecular weight excluding hydrogens is 237 g/mol. The van der Waals surface area contributed by atoms with Gasteiger partial charge in [-0.25, -0.2) is 0 Å². The van der Waals surface area contributed by atoms with Crippen LogP contribution in [0.1, 0.15) is 18.5 Å². The van der Waals surface area contributed by atoms with Gasteiger partial charge < -0.3 is 10.5 Å². The lowest BCUT2D eigenvalue weighted by atomic mass is 10.0. The molecule has 0 aromatic heterocycles. The van der Waals surface area contributed by atoms with Gasteiger partial charge in [-0.05, 0) is 19.1 Å². The van der Waals surface area contributed by atoms with E-state index in [0.717, 1.165) is 0 Å². The summed E-state index contributed by atoms with van der Waals surface area (Å²) in [5, 5.41) is 0.768. The Kier molecular flexibility index (Phi) is 3.97. The van der Waals surface area contributed by atoms with Crippen LogP contribution in [0.4, 0.5) is 0 Å². The topological polar surface area (TPSA) is 52.3 Å². The Balaban J connectivity index is 3.32. The van der Waals surface area contributed by atoms with E-state index in [4.69, 9.17) is 33.7 Å². The van der Waals surface area contributed by atoms with Crippen LogP contribution in [-0.2, 0) is 4.79 Å². The quantitative estimate of drug-likeness (QED) is 0.894. The van der Waals surface area contributed by atoms with Crippen molar-refractivity contribution in [2.45, 2.75) is 13.0 Å². The maximum Gasteiger partial charge on any atom is 0.151 e. The monoisotopic (exact) mass is 247 g/mol. The molecule has 1 rings (SSSR count). The number of ether oxygens (including phenoxy) is 1. The van der Waals surface area contributed by atoms with Gasteiger partial charge in [0, 0.05) is 10.6 Å². The number of benzene rings is 1. The fraction of sp³-hybridized carbons (Fsp3) is 0.300. The van der Waals surface area contributed by atoms with Gasteiger partial charge in [0.05, 0.1) is 18.2 Å². The Morgan fingerprint density at radius 1 is 1.47 bits per heavy atom. The number of rotatable bonds is 3. The van der Waals surface area contributed by atoms with Crippen molar-refractivity contribution in [2.75, 3.05) is 7.11 Å². The van der Waals surface area contributed by atoms with E-state index in [1.54, 1.807) is 6.07 Å². The molecule has 0 saturated carbocycles. The van der Waals surface area contributed by atoms with Crippen molar-refractivity contribution in [3.8, 4) is 5.75 Å². The molecule has 82 valence electrons. The van der Waals surface area contributed by atoms with Crippen molar-refractivity contribution >= 4 is 29.0 Å². The molecule has 0 radical (unpaired) electrons. The molecule has 0 fully saturated rings. The third kappa shape index (κ3) is 2.62. The van der Waals surface area contributed by atoms with Crippen molar-refractivity contribution in [1.82, 2.24) is 0 Å². The lowest BCUT2D eigenvalue weighted by Gasteiger charge is -2.14. The van der Waals surface area contributed by atoms with Crippen LogP contribution < -0.4 is 10.5 Å². The Bertz CT molecular complexity index is 393. The van der Waals surface area contributed by atoms with E-state index in [9.17, 15) is 4.79 Å². The van der Waals surface area contributed by atoms with Crippen LogP contribution in [0.15, 0.2) is 12.1 Å². The lowest BCUT2D eigenvalue weighted by molar-refractivity contribution is -0.118. The van der Waals surface area contributed by atoms with Crippen LogP contribution in [0.2, 0.25) is 10.0 Å². The first-order chi connectivity index (χ1) is 6.97. The lowest BCUT2D eigenvalue weighted by Crippen LogP contribution is -2.19. The molecule has 0 spiro atoms. The van der Waals surface area contributed by atoms with Crippen molar-refractivity contribution in [1.29, 1.82) is 0 Å². The SMILES string of the molecule is COc1c(Cl)cc(Cl)cc1C(N)C(C)=O. The molecule has 15 heavy (non-hydrogen) atoms. The zero-order chi connectivity index (χ0) is 11.6. The fourth-order valence-electron chi connectivity index (χ4n) is 1.25. The second kappa shape index (κ2) is 4.84. The molecule has 0 heterocycles. The molecule has 1 atom stereocenters. The fourth-order valence-corrected chi connectivity index (χ4v) is 1.83. The molecule has 3 nitrogen and oxygen atoms in total. The van der Waals surface area contributed by atoms with E-state index in [2.05, 4.69) is 0 Å². The first kappa shape index (κ1) is 12.3. The van der Waals surface area contributed by atoms with E-state index < -0.39 is 6.04 Å². The number of halogens is 2. The summed E-state index contributed by atoms with van der Waals surface area (Å²) in [6.45, 7) is 1.40. The molecule has 0 amide bonds. The number of carbonyl (C=O) groups is 1. The highest BCUT2D eigenvalue weighted by molar-refractivity contribution is 6.35. The summed E-state index contributed by atoms with van der Waals surface area (Å²) in [6, 6.07) is 2.35. The predicted octanol–water partition coefficient (Wildman–Crippen LogP) is 2.59. The molecular formula is C10H11Cl2NO2. The van der Waals surface area contributed by atoms with E-state index in [0.29, 0.717) is 21.4 Å². The first-order valence-electron chi connectivity index (χ1n) is 4.26. The van der Waals surface area contributed by atoms with Gasteiger partial charge in [-0.15, -0.1) is 0 Å². The third-order valence-electron chi connectivity index (χ3n) is 2.01. The Morgan fingerprint density at radius 3 is 2.53 bits per heavy atom. The molecule has 1 aromatic carbocycles. The molecule has 2 N–H and O–H groups in total. The molecule has 0 aliphatic carbocycles. The highest BCUT2D eigenvalue weighted by Crippen LogP contribution is 2.35. The molecule has 5 heteroatoms. The summed E-state index contributed by atoms with van der Waals surface area (Å²) in [5.41, 5.74) is 6.21. The van der Waals surface area contributed by atoms with Crippen LogP contribution in [0.3, 0.4) is 0 Å². The van der Waals surface area contributed by atoms with E-state index in [-0.39, 0.29) is 5.78 Å². The number of ketones is 1. The zero-order valence-corrected chi connectivity index (χ0v) is 9.89. The summed E-state index contributed by atoms with van der Waals surface area (Å²) < 4.78 is 5.08. The third-order valence-corrected chi connectivity index (χ3v) is 2.51. The van der Waals surface area contributed by atoms with Crippen molar-refractivity contribution < 1.29 is 9.53 Å². The van der Waals surface area contributed by atoms with Crippen LogP contribution in [-0.4, -0.2) is 12.9 Å². The van der Waals surface area contributed by atoms with E-state index >= 15 is 0 Å². The standard InChI is InChI=1S/C10H11Cl2NO2/c1-5(14)9(13)7-3-6(11)4-8(12)10(7)15-2/h3-4,9H,13H2,1-2H3. The minimum Gasteiger partial charge on any atom is -0.495 e. The second-order valence-electron chi connectivity index (χ2n) is 3.10. The summed E-state index contributed by atoms with van der Waals surface area (Å²) in [5.74, 6) is 0.218. The van der Waals surface area contributed by atoms with Crippen LogP contribution in [0.25, 0.3) is 0 Å². The van der Waals surface area contributed by atoms with Gasteiger partial charge in [-0.1, -0.05) is 23.2 Å². The van der Waals surface area contributed by atoms with Gasteiger partial charge in [0.25, 0.3) is 0 Å². The van der Waals surface area contributed by atoms with Gasteiger partial charge in [0.15, 0.2) is 5.78 Å². The highest BCUT2D eigenvalue weighted by atomic mass is 35.5. The average molecular weight is 248 g/mol. The van der Waals surface area contributed by atoms with Gasteiger partial charge >= 0.3 is 0 Å². The van der Waals surface area contributed by atoms with Gasteiger partial charge in [-0.2, -0.15) is 0 Å². The maximum atomic E-state index is 11.2. The first-order valence-corrected chi connectivity index (χ1v) is 5.02. The van der Waals surface area contributed by atoms with Gasteiger partial charge in [-0.3, -0.25) is 4.79 Å². The molecule has 1 unspecified atom stereocenters. The average Bonchev–Trinajstić information content (AvgIpc) is 2.15. The molecule has 0 saturated heterocycles. The minimum absolute atomic E-state index is 0.174. The molecule has 0 bridgehead atoms. The largest absolute Gasteiger partial charge is 0.495 e. The number of hydrogen-bond acceptors (Lipinski definition) is 3. The number of methoxy groups -OCH3 is 1. The molecule has 1 aromatic rings. The number of nitrogens with two attached hydrogens (primary N) is 1. The number of Topliss-reactive ketones (excluding diaryl/α,β-unsaturated/α-hetero) is 1. The number of hydrogen-bond donors (Lipinski definition) is 1. The van der Waals surface area contributed by atoms with Gasteiger partial charge in [0.1, 0.15) is 5.75 Å². The molecule has 0 aliphatic heterocycles. The smallest absolute Gasteiger partial charge is 0.151 e. The normalized spacial score (nSPS) is 12.3. The van der Waals surface area contributed by atoms with Crippen molar-refractivity contribution in [3.63, 3.8) is 0 Å². The van der Waals surface area contributed by atoms with Crippen molar-refractivity contribution in [3.05, 3.63) is 27.7 Å². The molecule has 0 aliphatic rings. The summed E-state index contributed by atoms with van der Waals surface area (Å²) in [4.78, 5) is 11.2. The van der Waals surface area contributed by atoms with Crippen LogP contribution in [0.5, 0.6) is 5.75 Å². The summed E-state index contributed by atoms with van der Waals surface area (Å²) in [6.07, 6.45) is 0. The Labute approximate surface area is 98.1 Å². The Hall–Kier alpha value is -0.770. The highest BCUT2D eigenvalue weighted by Gasteiger charge is 2.19. The van der Waals surface area contributed by atoms with E-state index in [1.807, 2.05) is 0 Å². The zero-order valence-electron chi connectivity index (χ0n) is 8.38.